The topological polar surface area (TPSA) is 24.5 Å². The Kier molecular flexibility index (Phi) is 8.31. The van der Waals surface area contributed by atoms with Crippen molar-refractivity contribution in [2.75, 3.05) is 45.4 Å². The molecule has 1 heterocycles. The molecule has 0 aromatic heterocycles. The molecule has 0 aliphatic carbocycles. The third kappa shape index (κ3) is 5.08. The van der Waals surface area contributed by atoms with Crippen LogP contribution in [0.15, 0.2) is 0 Å². The lowest BCUT2D eigenvalue weighted by Gasteiger charge is -2.37. The Bertz CT molecular complexity index is 214. The second-order valence-corrected chi connectivity index (χ2v) is 6.16. The van der Waals surface area contributed by atoms with Crippen molar-refractivity contribution in [1.82, 2.24) is 10.2 Å². The van der Waals surface area contributed by atoms with E-state index in [4.69, 9.17) is 4.74 Å². The predicted molar refractivity (Wildman–Crippen MR) is 81.5 cm³/mol. The maximum Gasteiger partial charge on any atom is 0.0521 e. The highest BCUT2D eigenvalue weighted by Gasteiger charge is 2.27. The standard InChI is InChI=1S/C14H30N2OS/c1-5-13(11-18-4)16(3)9-12-10-17-8-7-14(12)15-6-2/h12-15H,5-11H2,1-4H3. The number of ether oxygens (including phenoxy) is 1. The van der Waals surface area contributed by atoms with Crippen molar-refractivity contribution in [2.24, 2.45) is 5.92 Å². The van der Waals surface area contributed by atoms with Crippen molar-refractivity contribution in [3.8, 4) is 0 Å². The van der Waals surface area contributed by atoms with Crippen LogP contribution in [0.5, 0.6) is 0 Å². The Morgan fingerprint density at radius 2 is 2.22 bits per heavy atom. The van der Waals surface area contributed by atoms with Gasteiger partial charge >= 0.3 is 0 Å². The minimum atomic E-state index is 0.637. The summed E-state index contributed by atoms with van der Waals surface area (Å²) in [6.45, 7) is 8.52. The zero-order chi connectivity index (χ0) is 13.4. The molecule has 3 unspecified atom stereocenters. The number of nitrogens with one attached hydrogen (secondary N) is 1. The van der Waals surface area contributed by atoms with E-state index < -0.39 is 0 Å². The molecule has 0 aromatic rings. The van der Waals surface area contributed by atoms with Crippen molar-refractivity contribution in [3.63, 3.8) is 0 Å². The van der Waals surface area contributed by atoms with E-state index in [1.165, 1.54) is 12.2 Å². The Hall–Kier alpha value is 0.230. The quantitative estimate of drug-likeness (QED) is 0.732. The molecule has 3 nitrogen and oxygen atoms in total. The van der Waals surface area contributed by atoms with E-state index in [0.717, 1.165) is 32.7 Å². The summed E-state index contributed by atoms with van der Waals surface area (Å²) < 4.78 is 5.66. The minimum absolute atomic E-state index is 0.637. The van der Waals surface area contributed by atoms with Gasteiger partial charge in [0.1, 0.15) is 0 Å². The van der Waals surface area contributed by atoms with Crippen LogP contribution >= 0.6 is 11.8 Å². The summed E-state index contributed by atoms with van der Waals surface area (Å²) in [6, 6.07) is 1.34. The molecule has 1 fully saturated rings. The summed E-state index contributed by atoms with van der Waals surface area (Å²) in [4.78, 5) is 2.53. The van der Waals surface area contributed by atoms with Crippen molar-refractivity contribution in [3.05, 3.63) is 0 Å². The Labute approximate surface area is 117 Å². The summed E-state index contributed by atoms with van der Waals surface area (Å²) in [6.07, 6.45) is 4.59. The average Bonchev–Trinajstić information content (AvgIpc) is 2.38. The normalized spacial score (nSPS) is 26.5. The lowest BCUT2D eigenvalue weighted by Crippen LogP contribution is -2.49. The van der Waals surface area contributed by atoms with E-state index in [-0.39, 0.29) is 0 Å². The summed E-state index contributed by atoms with van der Waals surface area (Å²) >= 11 is 1.95. The fourth-order valence-corrected chi connectivity index (χ4v) is 3.65. The molecule has 108 valence electrons. The SMILES string of the molecule is CCNC1CCOCC1CN(C)C(CC)CSC. The van der Waals surface area contributed by atoms with Gasteiger partial charge in [0.05, 0.1) is 6.61 Å². The van der Waals surface area contributed by atoms with Crippen molar-refractivity contribution < 1.29 is 4.74 Å². The van der Waals surface area contributed by atoms with Gasteiger partial charge in [0, 0.05) is 36.9 Å². The molecule has 3 atom stereocenters. The molecule has 4 heteroatoms. The van der Waals surface area contributed by atoms with Gasteiger partial charge < -0.3 is 15.0 Å². The first-order valence-electron chi connectivity index (χ1n) is 7.23. The monoisotopic (exact) mass is 274 g/mol. The van der Waals surface area contributed by atoms with Gasteiger partial charge in [-0.2, -0.15) is 11.8 Å². The van der Waals surface area contributed by atoms with E-state index >= 15 is 0 Å². The number of hydrogen-bond acceptors (Lipinski definition) is 4. The smallest absolute Gasteiger partial charge is 0.0521 e. The number of thioether (sulfide) groups is 1. The van der Waals surface area contributed by atoms with Crippen LogP contribution in [0.3, 0.4) is 0 Å². The van der Waals surface area contributed by atoms with Crippen LogP contribution in [0.4, 0.5) is 0 Å². The van der Waals surface area contributed by atoms with Crippen LogP contribution in [-0.4, -0.2) is 62.3 Å². The molecule has 1 rings (SSSR count). The predicted octanol–water partition coefficient (Wildman–Crippen LogP) is 2.07. The maximum atomic E-state index is 5.66. The highest BCUT2D eigenvalue weighted by molar-refractivity contribution is 7.98. The Morgan fingerprint density at radius 3 is 2.83 bits per heavy atom. The molecule has 0 aromatic carbocycles. The molecule has 0 amide bonds. The number of hydrogen-bond donors (Lipinski definition) is 1. The molecule has 1 N–H and O–H groups in total. The Morgan fingerprint density at radius 1 is 1.44 bits per heavy atom. The van der Waals surface area contributed by atoms with E-state index in [1.807, 2.05) is 11.8 Å². The van der Waals surface area contributed by atoms with Crippen LogP contribution < -0.4 is 5.32 Å². The second kappa shape index (κ2) is 9.18. The summed E-state index contributed by atoms with van der Waals surface area (Å²) in [5, 5.41) is 3.62. The molecule has 0 saturated carbocycles. The second-order valence-electron chi connectivity index (χ2n) is 5.24. The molecule has 0 spiro atoms. The van der Waals surface area contributed by atoms with Gasteiger partial charge in [-0.05, 0) is 32.7 Å². The number of nitrogens with zero attached hydrogens (tertiary/aromatic N) is 1. The van der Waals surface area contributed by atoms with Gasteiger partial charge in [0.2, 0.25) is 0 Å². The van der Waals surface area contributed by atoms with E-state index in [0.29, 0.717) is 18.0 Å². The van der Waals surface area contributed by atoms with Gasteiger partial charge in [-0.25, -0.2) is 0 Å². The van der Waals surface area contributed by atoms with Gasteiger partial charge in [-0.15, -0.1) is 0 Å². The molecular formula is C14H30N2OS. The molecule has 0 bridgehead atoms. The maximum absolute atomic E-state index is 5.66. The summed E-state index contributed by atoms with van der Waals surface area (Å²) in [5.74, 6) is 1.87. The number of rotatable bonds is 8. The van der Waals surface area contributed by atoms with Gasteiger partial charge in [0.25, 0.3) is 0 Å². The highest BCUT2D eigenvalue weighted by atomic mass is 32.2. The van der Waals surface area contributed by atoms with Gasteiger partial charge in [-0.3, -0.25) is 0 Å². The molecular weight excluding hydrogens is 244 g/mol. The van der Waals surface area contributed by atoms with E-state index in [1.54, 1.807) is 0 Å². The molecule has 1 aliphatic heterocycles. The molecule has 0 radical (unpaired) electrons. The first-order chi connectivity index (χ1) is 8.72. The van der Waals surface area contributed by atoms with Gasteiger partial charge in [0.15, 0.2) is 0 Å². The molecule has 18 heavy (non-hydrogen) atoms. The third-order valence-corrected chi connectivity index (χ3v) is 4.63. The zero-order valence-corrected chi connectivity index (χ0v) is 13.3. The first-order valence-corrected chi connectivity index (χ1v) is 8.62. The fraction of sp³-hybridized carbons (Fsp3) is 1.00. The Balaban J connectivity index is 2.46. The summed E-state index contributed by atoms with van der Waals surface area (Å²) in [7, 11) is 2.27. The average molecular weight is 274 g/mol. The van der Waals surface area contributed by atoms with Crippen LogP contribution in [0.2, 0.25) is 0 Å². The van der Waals surface area contributed by atoms with Crippen molar-refractivity contribution in [1.29, 1.82) is 0 Å². The van der Waals surface area contributed by atoms with E-state index in [9.17, 15) is 0 Å². The van der Waals surface area contributed by atoms with Crippen LogP contribution in [-0.2, 0) is 4.74 Å². The lowest BCUT2D eigenvalue weighted by atomic mass is 9.94. The highest BCUT2D eigenvalue weighted by Crippen LogP contribution is 2.18. The minimum Gasteiger partial charge on any atom is -0.381 e. The largest absolute Gasteiger partial charge is 0.381 e. The molecule has 1 saturated heterocycles. The van der Waals surface area contributed by atoms with Crippen LogP contribution in [0, 0.1) is 5.92 Å². The summed E-state index contributed by atoms with van der Waals surface area (Å²) in [5.41, 5.74) is 0. The third-order valence-electron chi connectivity index (χ3n) is 3.92. The first kappa shape index (κ1) is 16.3. The van der Waals surface area contributed by atoms with Crippen molar-refractivity contribution in [2.45, 2.75) is 38.8 Å². The van der Waals surface area contributed by atoms with Crippen molar-refractivity contribution >= 4 is 11.8 Å². The zero-order valence-electron chi connectivity index (χ0n) is 12.4. The van der Waals surface area contributed by atoms with Gasteiger partial charge in [-0.1, -0.05) is 13.8 Å². The lowest BCUT2D eigenvalue weighted by molar-refractivity contribution is 0.0160. The van der Waals surface area contributed by atoms with E-state index in [2.05, 4.69) is 37.4 Å². The molecule has 1 aliphatic rings. The van der Waals surface area contributed by atoms with Crippen LogP contribution in [0.25, 0.3) is 0 Å². The fourth-order valence-electron chi connectivity index (χ4n) is 2.78. The van der Waals surface area contributed by atoms with Crippen LogP contribution in [0.1, 0.15) is 26.7 Å².